The van der Waals surface area contributed by atoms with Gasteiger partial charge in [-0.2, -0.15) is 5.10 Å². The molecule has 4 N–H and O–H groups in total. The molecule has 0 saturated carbocycles. The molecule has 2 rings (SSSR count). The number of benzene rings is 1. The highest BCUT2D eigenvalue weighted by molar-refractivity contribution is 5.57. The van der Waals surface area contributed by atoms with E-state index in [0.29, 0.717) is 11.4 Å². The number of rotatable bonds is 1. The molecule has 1 heterocycles. The maximum Gasteiger partial charge on any atom is 0.0875 e. The van der Waals surface area contributed by atoms with Crippen LogP contribution in [0.4, 0.5) is 11.4 Å². The molecule has 0 aliphatic rings. The Kier molecular flexibility index (Phi) is 1.66. The lowest BCUT2D eigenvalue weighted by Gasteiger charge is -2.03. The molecule has 4 heteroatoms. The minimum Gasteiger partial charge on any atom is -0.397 e. The minimum atomic E-state index is 0.628. The van der Waals surface area contributed by atoms with Gasteiger partial charge >= 0.3 is 0 Å². The van der Waals surface area contributed by atoms with Crippen molar-refractivity contribution >= 4 is 11.4 Å². The summed E-state index contributed by atoms with van der Waals surface area (Å²) in [4.78, 5) is 0. The zero-order valence-electron chi connectivity index (χ0n) is 7.01. The quantitative estimate of drug-likeness (QED) is 0.634. The number of para-hydroxylation sites is 2. The van der Waals surface area contributed by atoms with E-state index in [2.05, 4.69) is 5.10 Å². The number of nitrogens with two attached hydrogens (primary N) is 2. The number of nitrogens with zero attached hydrogens (tertiary/aromatic N) is 2. The number of aromatic nitrogens is 2. The smallest absolute Gasteiger partial charge is 0.0875 e. The monoisotopic (exact) mass is 174 g/mol. The van der Waals surface area contributed by atoms with Gasteiger partial charge in [-0.3, -0.25) is 0 Å². The highest BCUT2D eigenvalue weighted by Gasteiger charge is 2.00. The molecule has 0 spiro atoms. The van der Waals surface area contributed by atoms with Crippen LogP contribution in [-0.2, 0) is 0 Å². The third-order valence-corrected chi connectivity index (χ3v) is 1.79. The van der Waals surface area contributed by atoms with Crippen LogP contribution >= 0.6 is 0 Å². The Morgan fingerprint density at radius 3 is 2.54 bits per heavy atom. The van der Waals surface area contributed by atoms with Gasteiger partial charge in [-0.25, -0.2) is 4.68 Å². The maximum absolute atomic E-state index is 5.76. The van der Waals surface area contributed by atoms with Crippen molar-refractivity contribution in [2.75, 3.05) is 11.5 Å². The zero-order valence-corrected chi connectivity index (χ0v) is 7.01. The molecule has 1 aromatic carbocycles. The SMILES string of the molecule is Nc1cnn(-c2ccccc2N)c1. The van der Waals surface area contributed by atoms with E-state index < -0.39 is 0 Å². The number of nitrogen functional groups attached to an aromatic ring is 2. The summed E-state index contributed by atoms with van der Waals surface area (Å²) in [6, 6.07) is 7.50. The fourth-order valence-electron chi connectivity index (χ4n) is 1.16. The molecule has 0 amide bonds. The molecule has 0 atom stereocenters. The lowest BCUT2D eigenvalue weighted by atomic mass is 10.3. The minimum absolute atomic E-state index is 0.628. The first kappa shape index (κ1) is 7.67. The van der Waals surface area contributed by atoms with Gasteiger partial charge in [0.05, 0.1) is 29.5 Å². The average Bonchev–Trinajstić information content (AvgIpc) is 2.53. The first-order chi connectivity index (χ1) is 6.27. The van der Waals surface area contributed by atoms with E-state index in [1.54, 1.807) is 17.1 Å². The molecule has 66 valence electrons. The fraction of sp³-hybridized carbons (Fsp3) is 0. The van der Waals surface area contributed by atoms with Crippen LogP contribution < -0.4 is 11.5 Å². The summed E-state index contributed by atoms with van der Waals surface area (Å²) in [6.45, 7) is 0. The highest BCUT2D eigenvalue weighted by Crippen LogP contribution is 2.16. The molecule has 0 saturated heterocycles. The largest absolute Gasteiger partial charge is 0.397 e. The summed E-state index contributed by atoms with van der Waals surface area (Å²) in [5.41, 5.74) is 13.5. The molecule has 0 bridgehead atoms. The van der Waals surface area contributed by atoms with Gasteiger partial charge in [-0.1, -0.05) is 12.1 Å². The normalized spacial score (nSPS) is 10.2. The molecule has 2 aromatic rings. The van der Waals surface area contributed by atoms with Crippen LogP contribution in [0.25, 0.3) is 5.69 Å². The van der Waals surface area contributed by atoms with Crippen LogP contribution in [0.5, 0.6) is 0 Å². The third-order valence-electron chi connectivity index (χ3n) is 1.79. The van der Waals surface area contributed by atoms with E-state index in [-0.39, 0.29) is 0 Å². The van der Waals surface area contributed by atoms with Crippen LogP contribution in [-0.4, -0.2) is 9.78 Å². The molecular weight excluding hydrogens is 164 g/mol. The van der Waals surface area contributed by atoms with E-state index in [9.17, 15) is 0 Å². The zero-order chi connectivity index (χ0) is 9.26. The van der Waals surface area contributed by atoms with Crippen LogP contribution in [0.3, 0.4) is 0 Å². The van der Waals surface area contributed by atoms with Crippen LogP contribution in [0.2, 0.25) is 0 Å². The summed E-state index contributed by atoms with van der Waals surface area (Å²) < 4.78 is 1.66. The molecule has 13 heavy (non-hydrogen) atoms. The summed E-state index contributed by atoms with van der Waals surface area (Å²) in [5, 5.41) is 4.06. The van der Waals surface area contributed by atoms with Gasteiger partial charge in [-0.05, 0) is 12.1 Å². The van der Waals surface area contributed by atoms with E-state index in [0.717, 1.165) is 5.69 Å². The Morgan fingerprint density at radius 1 is 1.15 bits per heavy atom. The van der Waals surface area contributed by atoms with E-state index in [1.807, 2.05) is 24.3 Å². The second-order valence-corrected chi connectivity index (χ2v) is 2.78. The molecule has 4 nitrogen and oxygen atoms in total. The van der Waals surface area contributed by atoms with Gasteiger partial charge in [0.1, 0.15) is 0 Å². The van der Waals surface area contributed by atoms with Gasteiger partial charge in [0.25, 0.3) is 0 Å². The molecule has 1 aromatic heterocycles. The van der Waals surface area contributed by atoms with Gasteiger partial charge in [0, 0.05) is 0 Å². The van der Waals surface area contributed by atoms with Crippen molar-refractivity contribution in [3.63, 3.8) is 0 Å². The Bertz CT molecular complexity index is 419. The summed E-state index contributed by atoms with van der Waals surface area (Å²) in [5.74, 6) is 0. The van der Waals surface area contributed by atoms with Gasteiger partial charge < -0.3 is 11.5 Å². The predicted octanol–water partition coefficient (Wildman–Crippen LogP) is 1.04. The second kappa shape index (κ2) is 2.82. The van der Waals surface area contributed by atoms with Crippen molar-refractivity contribution in [1.82, 2.24) is 9.78 Å². The van der Waals surface area contributed by atoms with Crippen molar-refractivity contribution < 1.29 is 0 Å². The molecule has 0 aliphatic carbocycles. The number of hydrogen-bond donors (Lipinski definition) is 2. The number of anilines is 2. The van der Waals surface area contributed by atoms with Crippen LogP contribution in [0.15, 0.2) is 36.7 Å². The Labute approximate surface area is 75.8 Å². The standard InChI is InChI=1S/C9H10N4/c10-7-5-12-13(6-7)9-4-2-1-3-8(9)11/h1-6H,10-11H2. The van der Waals surface area contributed by atoms with Crippen molar-refractivity contribution in [3.8, 4) is 5.69 Å². The molecule has 0 unspecified atom stereocenters. The lowest BCUT2D eigenvalue weighted by molar-refractivity contribution is 0.883. The van der Waals surface area contributed by atoms with E-state index in [1.165, 1.54) is 0 Å². The Balaban J connectivity index is 2.52. The van der Waals surface area contributed by atoms with Crippen molar-refractivity contribution in [1.29, 1.82) is 0 Å². The highest BCUT2D eigenvalue weighted by atomic mass is 15.3. The lowest BCUT2D eigenvalue weighted by Crippen LogP contribution is -1.99. The Hall–Kier alpha value is -1.97. The Morgan fingerprint density at radius 2 is 1.92 bits per heavy atom. The fourth-order valence-corrected chi connectivity index (χ4v) is 1.16. The molecule has 0 fully saturated rings. The van der Waals surface area contributed by atoms with Crippen molar-refractivity contribution in [2.24, 2.45) is 0 Å². The van der Waals surface area contributed by atoms with Gasteiger partial charge in [0.15, 0.2) is 0 Å². The van der Waals surface area contributed by atoms with E-state index in [4.69, 9.17) is 11.5 Å². The van der Waals surface area contributed by atoms with Crippen molar-refractivity contribution in [3.05, 3.63) is 36.7 Å². The van der Waals surface area contributed by atoms with Crippen LogP contribution in [0, 0.1) is 0 Å². The maximum atomic E-state index is 5.76. The molecule has 0 aliphatic heterocycles. The third kappa shape index (κ3) is 1.33. The topological polar surface area (TPSA) is 69.9 Å². The van der Waals surface area contributed by atoms with Gasteiger partial charge in [0.2, 0.25) is 0 Å². The summed E-state index contributed by atoms with van der Waals surface area (Å²) >= 11 is 0. The predicted molar refractivity (Wildman–Crippen MR) is 52.4 cm³/mol. The van der Waals surface area contributed by atoms with Gasteiger partial charge in [-0.15, -0.1) is 0 Å². The average molecular weight is 174 g/mol. The summed E-state index contributed by atoms with van der Waals surface area (Å²) in [6.07, 6.45) is 3.32. The molecule has 0 radical (unpaired) electrons. The van der Waals surface area contributed by atoms with E-state index >= 15 is 0 Å². The van der Waals surface area contributed by atoms with Crippen LogP contribution in [0.1, 0.15) is 0 Å². The first-order valence-corrected chi connectivity index (χ1v) is 3.92. The first-order valence-electron chi connectivity index (χ1n) is 3.92. The summed E-state index contributed by atoms with van der Waals surface area (Å²) in [7, 11) is 0. The number of hydrogen-bond acceptors (Lipinski definition) is 3. The molecular formula is C9H10N4. The van der Waals surface area contributed by atoms with Crippen molar-refractivity contribution in [2.45, 2.75) is 0 Å². The second-order valence-electron chi connectivity index (χ2n) is 2.78.